The van der Waals surface area contributed by atoms with Crippen molar-refractivity contribution < 1.29 is 23.6 Å². The minimum atomic E-state index is -1.67. The van der Waals surface area contributed by atoms with Crippen LogP contribution in [0.2, 0.25) is 0 Å². The molecular formula is C16H10N2O6. The lowest BCUT2D eigenvalue weighted by Crippen LogP contribution is -2.57. The Morgan fingerprint density at radius 1 is 1.04 bits per heavy atom. The molecule has 4 amide bonds. The average Bonchev–Trinajstić information content (AvgIpc) is 2.53. The molecule has 8 heteroatoms. The van der Waals surface area contributed by atoms with E-state index >= 15 is 0 Å². The molecule has 1 aliphatic heterocycles. The SMILES string of the molecule is O=C1NC(=O)C(C(=O)/C=C/c2coc3ccccc3c2=O)C(=O)N1. The number of imide groups is 2. The Hall–Kier alpha value is -3.55. The zero-order valence-electron chi connectivity index (χ0n) is 12.1. The number of ketones is 1. The summed E-state index contributed by atoms with van der Waals surface area (Å²) in [6, 6.07) is 5.61. The van der Waals surface area contributed by atoms with Gasteiger partial charge in [-0.15, -0.1) is 0 Å². The van der Waals surface area contributed by atoms with E-state index in [1.807, 2.05) is 10.6 Å². The molecular weight excluding hydrogens is 316 g/mol. The molecule has 120 valence electrons. The fraction of sp³-hybridized carbons (Fsp3) is 0.0625. The lowest BCUT2D eigenvalue weighted by Gasteiger charge is -2.18. The van der Waals surface area contributed by atoms with Gasteiger partial charge >= 0.3 is 6.03 Å². The number of para-hydroxylation sites is 1. The number of amides is 4. The molecule has 2 aromatic rings. The minimum absolute atomic E-state index is 0.0924. The van der Waals surface area contributed by atoms with Crippen LogP contribution in [0.15, 0.2) is 45.8 Å². The van der Waals surface area contributed by atoms with Gasteiger partial charge in [-0.25, -0.2) is 4.79 Å². The van der Waals surface area contributed by atoms with Crippen molar-refractivity contribution in [3.63, 3.8) is 0 Å². The van der Waals surface area contributed by atoms with Gasteiger partial charge < -0.3 is 4.42 Å². The van der Waals surface area contributed by atoms with Gasteiger partial charge in [0.25, 0.3) is 0 Å². The van der Waals surface area contributed by atoms with Crippen LogP contribution in [0.3, 0.4) is 0 Å². The molecule has 0 spiro atoms. The fourth-order valence-corrected chi connectivity index (χ4v) is 2.25. The second kappa shape index (κ2) is 5.92. The van der Waals surface area contributed by atoms with Crippen molar-refractivity contribution in [2.24, 2.45) is 5.92 Å². The second-order valence-corrected chi connectivity index (χ2v) is 4.99. The molecule has 0 radical (unpaired) electrons. The Labute approximate surface area is 134 Å². The zero-order valence-corrected chi connectivity index (χ0v) is 12.1. The van der Waals surface area contributed by atoms with Crippen LogP contribution in [0, 0.1) is 5.92 Å². The van der Waals surface area contributed by atoms with Gasteiger partial charge in [-0.3, -0.25) is 29.8 Å². The topological polar surface area (TPSA) is 123 Å². The van der Waals surface area contributed by atoms with Gasteiger partial charge in [0.15, 0.2) is 17.1 Å². The van der Waals surface area contributed by atoms with Gasteiger partial charge in [0.2, 0.25) is 11.8 Å². The van der Waals surface area contributed by atoms with Crippen LogP contribution in [-0.4, -0.2) is 23.6 Å². The van der Waals surface area contributed by atoms with E-state index in [9.17, 15) is 24.0 Å². The van der Waals surface area contributed by atoms with Crippen molar-refractivity contribution >= 4 is 40.7 Å². The van der Waals surface area contributed by atoms with E-state index in [0.29, 0.717) is 11.0 Å². The highest BCUT2D eigenvalue weighted by Crippen LogP contribution is 2.12. The molecule has 0 atom stereocenters. The smallest absolute Gasteiger partial charge is 0.328 e. The van der Waals surface area contributed by atoms with E-state index in [2.05, 4.69) is 0 Å². The number of carbonyl (C=O) groups excluding carboxylic acids is 4. The Balaban J connectivity index is 1.88. The van der Waals surface area contributed by atoms with Gasteiger partial charge in [0.05, 0.1) is 10.9 Å². The number of rotatable bonds is 3. The third kappa shape index (κ3) is 2.72. The molecule has 1 aromatic heterocycles. The lowest BCUT2D eigenvalue weighted by molar-refractivity contribution is -0.140. The van der Waals surface area contributed by atoms with Crippen LogP contribution in [0.4, 0.5) is 4.79 Å². The molecule has 3 rings (SSSR count). The van der Waals surface area contributed by atoms with Crippen molar-refractivity contribution in [2.45, 2.75) is 0 Å². The zero-order chi connectivity index (χ0) is 17.3. The first-order chi connectivity index (χ1) is 11.5. The first-order valence-corrected chi connectivity index (χ1v) is 6.85. The second-order valence-electron chi connectivity index (χ2n) is 4.99. The van der Waals surface area contributed by atoms with Crippen molar-refractivity contribution in [3.05, 3.63) is 52.4 Å². The molecule has 0 aliphatic carbocycles. The molecule has 1 fully saturated rings. The maximum atomic E-state index is 12.3. The van der Waals surface area contributed by atoms with Crippen LogP contribution < -0.4 is 16.1 Å². The first kappa shape index (κ1) is 15.3. The first-order valence-electron chi connectivity index (χ1n) is 6.85. The summed E-state index contributed by atoms with van der Waals surface area (Å²) in [5, 5.41) is 4.00. The molecule has 1 aromatic carbocycles. The van der Waals surface area contributed by atoms with E-state index in [-0.39, 0.29) is 11.0 Å². The van der Waals surface area contributed by atoms with Crippen molar-refractivity contribution in [3.8, 4) is 0 Å². The van der Waals surface area contributed by atoms with Crippen LogP contribution in [-0.2, 0) is 14.4 Å². The summed E-state index contributed by atoms with van der Waals surface area (Å²) in [7, 11) is 0. The number of nitrogens with one attached hydrogen (secondary N) is 2. The monoisotopic (exact) mass is 326 g/mol. The Morgan fingerprint density at radius 3 is 2.42 bits per heavy atom. The molecule has 0 bridgehead atoms. The lowest BCUT2D eigenvalue weighted by atomic mass is 9.99. The molecule has 0 unspecified atom stereocenters. The molecule has 1 aliphatic rings. The molecule has 0 saturated carbocycles. The maximum Gasteiger partial charge on any atom is 0.328 e. The number of carbonyl (C=O) groups is 4. The summed E-state index contributed by atoms with van der Waals surface area (Å²) in [5.41, 5.74) is 0.138. The van der Waals surface area contributed by atoms with Gasteiger partial charge in [-0.05, 0) is 24.3 Å². The normalized spacial score (nSPS) is 15.6. The van der Waals surface area contributed by atoms with E-state index in [0.717, 1.165) is 12.2 Å². The standard InChI is InChI=1S/C16H10N2O6/c19-10(12-14(21)17-16(23)18-15(12)22)6-5-8-7-24-11-4-2-1-3-9(11)13(8)20/h1-7,12H,(H2,17,18,21,22,23)/b6-5+. The molecule has 2 heterocycles. The molecule has 8 nitrogen and oxygen atoms in total. The van der Waals surface area contributed by atoms with Crippen LogP contribution >= 0.6 is 0 Å². The average molecular weight is 326 g/mol. The van der Waals surface area contributed by atoms with Crippen molar-refractivity contribution in [1.29, 1.82) is 0 Å². The van der Waals surface area contributed by atoms with E-state index < -0.39 is 29.5 Å². The Kier molecular flexibility index (Phi) is 3.78. The number of allylic oxidation sites excluding steroid dienone is 1. The molecule has 1 saturated heterocycles. The maximum absolute atomic E-state index is 12.3. The highest BCUT2D eigenvalue weighted by molar-refractivity contribution is 6.29. The van der Waals surface area contributed by atoms with Crippen LogP contribution in [0.25, 0.3) is 17.0 Å². The summed E-state index contributed by atoms with van der Waals surface area (Å²) in [6.07, 6.45) is 3.28. The van der Waals surface area contributed by atoms with Crippen molar-refractivity contribution in [1.82, 2.24) is 10.6 Å². The highest BCUT2D eigenvalue weighted by Gasteiger charge is 2.38. The van der Waals surface area contributed by atoms with Gasteiger partial charge in [-0.1, -0.05) is 12.1 Å². The predicted molar refractivity (Wildman–Crippen MR) is 81.7 cm³/mol. The third-order valence-corrected chi connectivity index (χ3v) is 3.42. The molecule has 24 heavy (non-hydrogen) atoms. The predicted octanol–water partition coefficient (Wildman–Crippen LogP) is 0.357. The quantitative estimate of drug-likeness (QED) is 0.620. The fourth-order valence-electron chi connectivity index (χ4n) is 2.25. The summed E-state index contributed by atoms with van der Waals surface area (Å²) in [5.74, 6) is -4.55. The van der Waals surface area contributed by atoms with Crippen LogP contribution in [0.5, 0.6) is 0 Å². The van der Waals surface area contributed by atoms with Gasteiger partial charge in [-0.2, -0.15) is 0 Å². The summed E-state index contributed by atoms with van der Waals surface area (Å²) in [6.45, 7) is 0. The Bertz CT molecular complexity index is 952. The summed E-state index contributed by atoms with van der Waals surface area (Å²) < 4.78 is 5.29. The number of benzene rings is 1. The summed E-state index contributed by atoms with van der Waals surface area (Å²) in [4.78, 5) is 58.4. The third-order valence-electron chi connectivity index (χ3n) is 3.42. The Morgan fingerprint density at radius 2 is 1.71 bits per heavy atom. The van der Waals surface area contributed by atoms with E-state index in [4.69, 9.17) is 4.42 Å². The number of hydrogen-bond donors (Lipinski definition) is 2. The number of barbiturate groups is 1. The number of fused-ring (bicyclic) bond motifs is 1. The van der Waals surface area contributed by atoms with Crippen molar-refractivity contribution in [2.75, 3.05) is 0 Å². The minimum Gasteiger partial charge on any atom is -0.463 e. The number of hydrogen-bond acceptors (Lipinski definition) is 6. The van der Waals surface area contributed by atoms with E-state index in [1.54, 1.807) is 24.3 Å². The highest BCUT2D eigenvalue weighted by atomic mass is 16.3. The number of urea groups is 1. The van der Waals surface area contributed by atoms with E-state index in [1.165, 1.54) is 6.26 Å². The van der Waals surface area contributed by atoms with Crippen LogP contribution in [0.1, 0.15) is 5.56 Å². The summed E-state index contributed by atoms with van der Waals surface area (Å²) >= 11 is 0. The van der Waals surface area contributed by atoms with Gasteiger partial charge in [0, 0.05) is 0 Å². The van der Waals surface area contributed by atoms with Gasteiger partial charge in [0.1, 0.15) is 11.8 Å². The largest absolute Gasteiger partial charge is 0.463 e. The molecule has 2 N–H and O–H groups in total.